The van der Waals surface area contributed by atoms with E-state index in [-0.39, 0.29) is 12.5 Å². The number of methoxy groups -OCH3 is 1. The van der Waals surface area contributed by atoms with Crippen LogP contribution in [0.4, 0.5) is 11.4 Å². The minimum absolute atomic E-state index is 0.0531. The molecule has 4 heteroatoms. The summed E-state index contributed by atoms with van der Waals surface area (Å²) in [6, 6.07) is 15.8. The van der Waals surface area contributed by atoms with Gasteiger partial charge in [-0.15, -0.1) is 0 Å². The molecule has 0 saturated heterocycles. The fraction of sp³-hybridized carbons (Fsp3) is 0.133. The number of fused-ring (bicyclic) bond motifs is 2. The molecule has 1 heterocycles. The summed E-state index contributed by atoms with van der Waals surface area (Å²) in [6.45, 7) is 0.0767. The van der Waals surface area contributed by atoms with Gasteiger partial charge in [-0.2, -0.15) is 0 Å². The van der Waals surface area contributed by atoms with E-state index in [0.29, 0.717) is 0 Å². The highest BCUT2D eigenvalue weighted by Gasteiger charge is 2.27. The third-order valence-electron chi connectivity index (χ3n) is 2.95. The molecule has 1 amide bonds. The molecule has 0 unspecified atom stereocenters. The molecule has 2 aromatic rings. The zero-order valence-corrected chi connectivity index (χ0v) is 11.3. The zero-order chi connectivity index (χ0) is 13.2. The fourth-order valence-electron chi connectivity index (χ4n) is 2.16. The first-order valence-electron chi connectivity index (χ1n) is 5.99. The van der Waals surface area contributed by atoms with Crippen molar-refractivity contribution in [3.8, 4) is 0 Å². The van der Waals surface area contributed by atoms with Gasteiger partial charge in [-0.25, -0.2) is 0 Å². The molecule has 96 valence electrons. The van der Waals surface area contributed by atoms with Crippen LogP contribution in [0.25, 0.3) is 0 Å². The first-order valence-corrected chi connectivity index (χ1v) is 6.80. The number of carbonyl (C=O) groups excluding carboxylic acids is 1. The second-order valence-electron chi connectivity index (χ2n) is 4.20. The highest BCUT2D eigenvalue weighted by atomic mass is 32.2. The van der Waals surface area contributed by atoms with E-state index in [1.54, 1.807) is 16.7 Å². The molecule has 0 aromatic heterocycles. The van der Waals surface area contributed by atoms with Crippen LogP contribution in [0.5, 0.6) is 0 Å². The molecule has 3 rings (SSSR count). The topological polar surface area (TPSA) is 29.5 Å². The van der Waals surface area contributed by atoms with Gasteiger partial charge in [0.05, 0.1) is 11.4 Å². The lowest BCUT2D eigenvalue weighted by atomic mass is 10.2. The van der Waals surface area contributed by atoms with Gasteiger partial charge < -0.3 is 4.74 Å². The van der Waals surface area contributed by atoms with Crippen molar-refractivity contribution in [2.45, 2.75) is 9.79 Å². The highest BCUT2D eigenvalue weighted by Crippen LogP contribution is 2.47. The molecule has 2 aromatic carbocycles. The Hall–Kier alpha value is -1.78. The van der Waals surface area contributed by atoms with Gasteiger partial charge in [0, 0.05) is 16.9 Å². The first kappa shape index (κ1) is 12.3. The molecule has 0 spiro atoms. The number of ether oxygens (including phenoxy) is 1. The van der Waals surface area contributed by atoms with Gasteiger partial charge in [-0.05, 0) is 24.3 Å². The molecule has 1 aliphatic heterocycles. The SMILES string of the molecule is COCC(=O)N1c2ccccc2Sc2ccccc21. The summed E-state index contributed by atoms with van der Waals surface area (Å²) >= 11 is 1.69. The fourth-order valence-corrected chi connectivity index (χ4v) is 3.22. The van der Waals surface area contributed by atoms with Crippen molar-refractivity contribution in [2.24, 2.45) is 0 Å². The summed E-state index contributed by atoms with van der Waals surface area (Å²) in [6.07, 6.45) is 0. The van der Waals surface area contributed by atoms with Crippen molar-refractivity contribution in [3.63, 3.8) is 0 Å². The smallest absolute Gasteiger partial charge is 0.257 e. The lowest BCUT2D eigenvalue weighted by Gasteiger charge is -2.30. The third kappa shape index (κ3) is 2.13. The molecule has 0 saturated carbocycles. The average molecular weight is 271 g/mol. The van der Waals surface area contributed by atoms with E-state index in [1.165, 1.54) is 7.11 Å². The molecule has 0 N–H and O–H groups in total. The van der Waals surface area contributed by atoms with E-state index in [1.807, 2.05) is 48.5 Å². The monoisotopic (exact) mass is 271 g/mol. The first-order chi connectivity index (χ1) is 9.31. The van der Waals surface area contributed by atoms with Gasteiger partial charge in [0.1, 0.15) is 6.61 Å². The van der Waals surface area contributed by atoms with Crippen LogP contribution in [0.1, 0.15) is 0 Å². The number of hydrogen-bond acceptors (Lipinski definition) is 3. The molecule has 1 aliphatic rings. The van der Waals surface area contributed by atoms with E-state index in [2.05, 4.69) is 0 Å². The van der Waals surface area contributed by atoms with Crippen molar-refractivity contribution < 1.29 is 9.53 Å². The molecule has 0 aliphatic carbocycles. The molecule has 19 heavy (non-hydrogen) atoms. The van der Waals surface area contributed by atoms with Crippen molar-refractivity contribution in [3.05, 3.63) is 48.5 Å². The van der Waals surface area contributed by atoms with Crippen LogP contribution in [0, 0.1) is 0 Å². The molecule has 0 atom stereocenters. The zero-order valence-electron chi connectivity index (χ0n) is 10.5. The Morgan fingerprint density at radius 1 is 1.05 bits per heavy atom. The number of nitrogens with zero attached hydrogens (tertiary/aromatic N) is 1. The van der Waals surface area contributed by atoms with Gasteiger partial charge in [0.15, 0.2) is 0 Å². The number of para-hydroxylation sites is 2. The van der Waals surface area contributed by atoms with Crippen LogP contribution >= 0.6 is 11.8 Å². The maximum atomic E-state index is 12.3. The summed E-state index contributed by atoms with van der Waals surface area (Å²) in [5.74, 6) is -0.0531. The average Bonchev–Trinajstić information content (AvgIpc) is 2.44. The van der Waals surface area contributed by atoms with Crippen LogP contribution in [0.2, 0.25) is 0 Å². The molecule has 3 nitrogen and oxygen atoms in total. The standard InChI is InChI=1S/C15H13NO2S/c1-18-10-15(17)16-11-6-2-4-8-13(11)19-14-9-5-3-7-12(14)16/h2-9H,10H2,1H3. The number of rotatable bonds is 2. The van der Waals surface area contributed by atoms with Gasteiger partial charge in [0.25, 0.3) is 5.91 Å². The van der Waals surface area contributed by atoms with Gasteiger partial charge in [-0.1, -0.05) is 36.0 Å². The third-order valence-corrected chi connectivity index (χ3v) is 4.08. The van der Waals surface area contributed by atoms with Crippen LogP contribution in [0.3, 0.4) is 0 Å². The van der Waals surface area contributed by atoms with Gasteiger partial charge in [0.2, 0.25) is 0 Å². The van der Waals surface area contributed by atoms with Gasteiger partial charge >= 0.3 is 0 Å². The predicted molar refractivity (Wildman–Crippen MR) is 76.0 cm³/mol. The summed E-state index contributed by atoms with van der Waals surface area (Å²) in [5, 5.41) is 0. The summed E-state index contributed by atoms with van der Waals surface area (Å²) < 4.78 is 4.99. The molecular formula is C15H13NO2S. The van der Waals surface area contributed by atoms with E-state index in [0.717, 1.165) is 21.2 Å². The molecule has 0 fully saturated rings. The Labute approximate surface area is 116 Å². The maximum Gasteiger partial charge on any atom is 0.257 e. The van der Waals surface area contributed by atoms with Gasteiger partial charge in [-0.3, -0.25) is 9.69 Å². The quantitative estimate of drug-likeness (QED) is 0.837. The van der Waals surface area contributed by atoms with Crippen molar-refractivity contribution in [1.29, 1.82) is 0 Å². The lowest BCUT2D eigenvalue weighted by Crippen LogP contribution is -2.31. The number of carbonyl (C=O) groups is 1. The van der Waals surface area contributed by atoms with E-state index in [9.17, 15) is 4.79 Å². The van der Waals surface area contributed by atoms with Crippen molar-refractivity contribution >= 4 is 29.0 Å². The predicted octanol–water partition coefficient (Wildman–Crippen LogP) is 3.46. The van der Waals surface area contributed by atoms with Crippen LogP contribution < -0.4 is 4.90 Å². The minimum atomic E-state index is -0.0531. The Kier molecular flexibility index (Phi) is 3.27. The largest absolute Gasteiger partial charge is 0.375 e. The second-order valence-corrected chi connectivity index (χ2v) is 5.28. The van der Waals surface area contributed by atoms with E-state index >= 15 is 0 Å². The number of anilines is 2. The number of benzene rings is 2. The normalized spacial score (nSPS) is 12.8. The molecular weight excluding hydrogens is 258 g/mol. The Morgan fingerprint density at radius 3 is 2.11 bits per heavy atom. The van der Waals surface area contributed by atoms with E-state index in [4.69, 9.17) is 4.74 Å². The highest BCUT2D eigenvalue weighted by molar-refractivity contribution is 7.99. The number of amides is 1. The van der Waals surface area contributed by atoms with Crippen molar-refractivity contribution in [1.82, 2.24) is 0 Å². The Bertz CT molecular complexity index is 582. The number of hydrogen-bond donors (Lipinski definition) is 0. The molecule has 0 bridgehead atoms. The van der Waals surface area contributed by atoms with Crippen molar-refractivity contribution in [2.75, 3.05) is 18.6 Å². The molecule has 0 radical (unpaired) electrons. The summed E-state index contributed by atoms with van der Waals surface area (Å²) in [5.41, 5.74) is 1.85. The van der Waals surface area contributed by atoms with Crippen LogP contribution in [-0.4, -0.2) is 19.6 Å². The maximum absolute atomic E-state index is 12.3. The summed E-state index contributed by atoms with van der Waals surface area (Å²) in [4.78, 5) is 16.2. The van der Waals surface area contributed by atoms with E-state index < -0.39 is 0 Å². The van der Waals surface area contributed by atoms with Crippen LogP contribution in [-0.2, 0) is 9.53 Å². The Balaban J connectivity index is 2.14. The minimum Gasteiger partial charge on any atom is -0.375 e. The Morgan fingerprint density at radius 2 is 1.58 bits per heavy atom. The second kappa shape index (κ2) is 5.07. The lowest BCUT2D eigenvalue weighted by molar-refractivity contribution is -0.121. The summed E-state index contributed by atoms with van der Waals surface area (Å²) in [7, 11) is 1.54. The van der Waals surface area contributed by atoms with Crippen LogP contribution in [0.15, 0.2) is 58.3 Å².